The minimum absolute atomic E-state index is 0.293. The molecule has 0 bridgehead atoms. The van der Waals surface area contributed by atoms with E-state index in [-0.39, 0.29) is 6.42 Å². The molecule has 0 radical (unpaired) electrons. The Kier molecular flexibility index (Phi) is 4.76. The third-order valence-electron chi connectivity index (χ3n) is 2.44. The van der Waals surface area contributed by atoms with E-state index in [4.69, 9.17) is 5.11 Å². The van der Waals surface area contributed by atoms with E-state index in [1.54, 1.807) is 6.92 Å². The Labute approximate surface area is 103 Å². The Morgan fingerprint density at radius 3 is 2.33 bits per heavy atom. The highest BCUT2D eigenvalue weighted by atomic mass is 19.1. The van der Waals surface area contributed by atoms with Crippen LogP contribution in [0.5, 0.6) is 0 Å². The Hall–Kier alpha value is -1.98. The molecule has 4 nitrogen and oxygen atoms in total. The number of rotatable bonds is 5. The lowest BCUT2D eigenvalue weighted by molar-refractivity contribution is -0.137. The number of carboxylic acid groups (broad SMARTS) is 1. The van der Waals surface area contributed by atoms with Gasteiger partial charge in [-0.2, -0.15) is 0 Å². The minimum Gasteiger partial charge on any atom is -0.481 e. The van der Waals surface area contributed by atoms with Gasteiger partial charge in [0.05, 0.1) is 6.42 Å². The molecule has 18 heavy (non-hydrogen) atoms. The summed E-state index contributed by atoms with van der Waals surface area (Å²) in [6, 6.07) is 2.43. The lowest BCUT2D eigenvalue weighted by Gasteiger charge is -2.15. The van der Waals surface area contributed by atoms with Crippen LogP contribution in [-0.4, -0.2) is 23.0 Å². The number of nitrogens with one attached hydrogen (secondary N) is 1. The number of hydrogen-bond donors (Lipinski definition) is 2. The Balaban J connectivity index is 2.84. The molecule has 1 unspecified atom stereocenters. The SMILES string of the molecule is CCC(CC(=O)O)NC(=O)c1c(F)cccc1F. The molecule has 0 aromatic heterocycles. The summed E-state index contributed by atoms with van der Waals surface area (Å²) < 4.78 is 26.6. The first-order valence-electron chi connectivity index (χ1n) is 5.42. The van der Waals surface area contributed by atoms with Crippen LogP contribution in [0.15, 0.2) is 18.2 Å². The van der Waals surface area contributed by atoms with Crippen LogP contribution in [0.2, 0.25) is 0 Å². The maximum Gasteiger partial charge on any atom is 0.305 e. The van der Waals surface area contributed by atoms with Crippen molar-refractivity contribution < 1.29 is 23.5 Å². The molecule has 0 saturated carbocycles. The summed E-state index contributed by atoms with van der Waals surface area (Å²) >= 11 is 0. The molecule has 0 spiro atoms. The first-order valence-corrected chi connectivity index (χ1v) is 5.42. The number of hydrogen-bond acceptors (Lipinski definition) is 2. The van der Waals surface area contributed by atoms with Gasteiger partial charge in [-0.3, -0.25) is 9.59 Å². The molecular formula is C12H13F2NO3. The molecule has 1 aromatic rings. The molecule has 1 aromatic carbocycles. The van der Waals surface area contributed by atoms with Gasteiger partial charge in [-0.05, 0) is 18.6 Å². The molecule has 0 fully saturated rings. The van der Waals surface area contributed by atoms with Gasteiger partial charge < -0.3 is 10.4 Å². The fourth-order valence-electron chi connectivity index (χ4n) is 1.48. The van der Waals surface area contributed by atoms with Gasteiger partial charge in [-0.15, -0.1) is 0 Å². The molecular weight excluding hydrogens is 244 g/mol. The Bertz CT molecular complexity index is 442. The third kappa shape index (κ3) is 3.51. The van der Waals surface area contributed by atoms with E-state index >= 15 is 0 Å². The van der Waals surface area contributed by atoms with Gasteiger partial charge >= 0.3 is 5.97 Å². The molecule has 0 aliphatic carbocycles. The normalized spacial score (nSPS) is 11.9. The molecule has 0 aliphatic heterocycles. The van der Waals surface area contributed by atoms with Crippen molar-refractivity contribution in [1.29, 1.82) is 0 Å². The van der Waals surface area contributed by atoms with Crippen LogP contribution in [0, 0.1) is 11.6 Å². The smallest absolute Gasteiger partial charge is 0.305 e. The first-order chi connectivity index (χ1) is 8.45. The van der Waals surface area contributed by atoms with Crippen molar-refractivity contribution in [2.45, 2.75) is 25.8 Å². The van der Waals surface area contributed by atoms with Gasteiger partial charge in [0.2, 0.25) is 0 Å². The fraction of sp³-hybridized carbons (Fsp3) is 0.333. The molecule has 1 rings (SSSR count). The average molecular weight is 257 g/mol. The van der Waals surface area contributed by atoms with E-state index in [0.29, 0.717) is 6.42 Å². The van der Waals surface area contributed by atoms with Crippen LogP contribution in [0.3, 0.4) is 0 Å². The van der Waals surface area contributed by atoms with Crippen LogP contribution in [0.1, 0.15) is 30.1 Å². The summed E-state index contributed by atoms with van der Waals surface area (Å²) in [6.45, 7) is 1.67. The van der Waals surface area contributed by atoms with E-state index in [0.717, 1.165) is 18.2 Å². The van der Waals surface area contributed by atoms with Gasteiger partial charge in [0, 0.05) is 6.04 Å². The van der Waals surface area contributed by atoms with Crippen molar-refractivity contribution in [3.63, 3.8) is 0 Å². The Morgan fingerprint density at radius 1 is 1.33 bits per heavy atom. The summed E-state index contributed by atoms with van der Waals surface area (Å²) in [5.74, 6) is -3.98. The topological polar surface area (TPSA) is 66.4 Å². The maximum absolute atomic E-state index is 13.3. The van der Waals surface area contributed by atoms with E-state index in [1.165, 1.54) is 0 Å². The molecule has 1 atom stereocenters. The van der Waals surface area contributed by atoms with Gasteiger partial charge in [0.15, 0.2) is 0 Å². The zero-order chi connectivity index (χ0) is 13.7. The van der Waals surface area contributed by atoms with E-state index in [9.17, 15) is 18.4 Å². The number of carbonyl (C=O) groups is 2. The van der Waals surface area contributed by atoms with Crippen molar-refractivity contribution in [1.82, 2.24) is 5.32 Å². The second kappa shape index (κ2) is 6.09. The predicted molar refractivity (Wildman–Crippen MR) is 60.2 cm³/mol. The van der Waals surface area contributed by atoms with Crippen LogP contribution in [0.4, 0.5) is 8.78 Å². The second-order valence-electron chi connectivity index (χ2n) is 3.77. The largest absolute Gasteiger partial charge is 0.481 e. The van der Waals surface area contributed by atoms with Crippen molar-refractivity contribution >= 4 is 11.9 Å². The van der Waals surface area contributed by atoms with Gasteiger partial charge in [0.25, 0.3) is 5.91 Å². The number of carboxylic acids is 1. The molecule has 0 heterocycles. The summed E-state index contributed by atoms with van der Waals surface area (Å²) in [5, 5.41) is 10.9. The number of aliphatic carboxylic acids is 1. The van der Waals surface area contributed by atoms with Crippen LogP contribution >= 0.6 is 0 Å². The molecule has 6 heteroatoms. The molecule has 0 saturated heterocycles. The second-order valence-corrected chi connectivity index (χ2v) is 3.77. The zero-order valence-electron chi connectivity index (χ0n) is 9.74. The van der Waals surface area contributed by atoms with Crippen molar-refractivity contribution in [2.75, 3.05) is 0 Å². The number of carbonyl (C=O) groups excluding carboxylic acids is 1. The van der Waals surface area contributed by atoms with E-state index in [1.807, 2.05) is 0 Å². The number of benzene rings is 1. The van der Waals surface area contributed by atoms with Gasteiger partial charge in [-0.25, -0.2) is 8.78 Å². The van der Waals surface area contributed by atoms with Crippen LogP contribution in [-0.2, 0) is 4.79 Å². The van der Waals surface area contributed by atoms with E-state index in [2.05, 4.69) is 5.32 Å². The molecule has 1 amide bonds. The quantitative estimate of drug-likeness (QED) is 0.847. The lowest BCUT2D eigenvalue weighted by atomic mass is 10.1. The molecule has 0 aliphatic rings. The third-order valence-corrected chi connectivity index (χ3v) is 2.44. The van der Waals surface area contributed by atoms with Gasteiger partial charge in [-0.1, -0.05) is 13.0 Å². The van der Waals surface area contributed by atoms with Crippen molar-refractivity contribution in [2.24, 2.45) is 0 Å². The average Bonchev–Trinajstić information content (AvgIpc) is 2.27. The monoisotopic (exact) mass is 257 g/mol. The predicted octanol–water partition coefficient (Wildman–Crippen LogP) is 1.95. The lowest BCUT2D eigenvalue weighted by Crippen LogP contribution is -2.36. The van der Waals surface area contributed by atoms with Gasteiger partial charge in [0.1, 0.15) is 17.2 Å². The highest BCUT2D eigenvalue weighted by Crippen LogP contribution is 2.12. The number of halogens is 2. The highest BCUT2D eigenvalue weighted by molar-refractivity contribution is 5.95. The van der Waals surface area contributed by atoms with Crippen molar-refractivity contribution in [3.05, 3.63) is 35.4 Å². The summed E-state index contributed by atoms with van der Waals surface area (Å²) in [6.07, 6.45) is 0.0619. The Morgan fingerprint density at radius 2 is 1.89 bits per heavy atom. The fourth-order valence-corrected chi connectivity index (χ4v) is 1.48. The van der Waals surface area contributed by atoms with Crippen molar-refractivity contribution in [3.8, 4) is 0 Å². The maximum atomic E-state index is 13.3. The summed E-state index contributed by atoms with van der Waals surface area (Å²) in [4.78, 5) is 22.2. The zero-order valence-corrected chi connectivity index (χ0v) is 9.74. The minimum atomic E-state index is -1.09. The summed E-state index contributed by atoms with van der Waals surface area (Å²) in [5.41, 5.74) is -0.693. The first kappa shape index (κ1) is 14.1. The van der Waals surface area contributed by atoms with E-state index < -0.39 is 35.1 Å². The molecule has 98 valence electrons. The van der Waals surface area contributed by atoms with Crippen LogP contribution < -0.4 is 5.32 Å². The number of amides is 1. The van der Waals surface area contributed by atoms with Crippen LogP contribution in [0.25, 0.3) is 0 Å². The summed E-state index contributed by atoms with van der Waals surface area (Å²) in [7, 11) is 0. The molecule has 2 N–H and O–H groups in total. The standard InChI is InChI=1S/C12H13F2NO3/c1-2-7(6-10(16)17)15-12(18)11-8(13)4-3-5-9(11)14/h3-5,7H,2,6H2,1H3,(H,15,18)(H,16,17). The highest BCUT2D eigenvalue weighted by Gasteiger charge is 2.20.